The van der Waals surface area contributed by atoms with E-state index in [-0.39, 0.29) is 22.3 Å². The van der Waals surface area contributed by atoms with Crippen LogP contribution in [-0.2, 0) is 4.79 Å². The van der Waals surface area contributed by atoms with Crippen LogP contribution in [0.2, 0.25) is 0 Å². The van der Waals surface area contributed by atoms with Crippen molar-refractivity contribution in [1.82, 2.24) is 10.3 Å². The first-order chi connectivity index (χ1) is 17.1. The fourth-order valence-corrected chi connectivity index (χ4v) is 6.05. The Morgan fingerprint density at radius 3 is 2.74 bits per heavy atom. The van der Waals surface area contributed by atoms with E-state index < -0.39 is 0 Å². The zero-order valence-corrected chi connectivity index (χ0v) is 20.3. The Balaban J connectivity index is 1.37. The number of fused-ring (bicyclic) bond motifs is 2. The summed E-state index contributed by atoms with van der Waals surface area (Å²) in [5.41, 5.74) is 4.73. The van der Waals surface area contributed by atoms with Crippen molar-refractivity contribution in [3.05, 3.63) is 77.2 Å². The number of amidine groups is 1. The Labute approximate surface area is 208 Å². The van der Waals surface area contributed by atoms with Crippen molar-refractivity contribution < 1.29 is 9.39 Å². The lowest BCUT2D eigenvalue weighted by Gasteiger charge is -2.28. The first-order valence-electron chi connectivity index (χ1n) is 12.0. The predicted octanol–water partition coefficient (Wildman–Crippen LogP) is 4.73. The van der Waals surface area contributed by atoms with Crippen molar-refractivity contribution in [2.24, 2.45) is 27.7 Å². The smallest absolute Gasteiger partial charge is 0.264 e. The van der Waals surface area contributed by atoms with Gasteiger partial charge in [-0.2, -0.15) is 10.8 Å². The zero-order chi connectivity index (χ0) is 24.0. The summed E-state index contributed by atoms with van der Waals surface area (Å²) in [7, 11) is 1.71. The van der Waals surface area contributed by atoms with Crippen LogP contribution in [0.5, 0.6) is 0 Å². The molecule has 35 heavy (non-hydrogen) atoms. The Hall–Kier alpha value is -3.46. The first kappa shape index (κ1) is 22.0. The van der Waals surface area contributed by atoms with Crippen molar-refractivity contribution in [1.29, 1.82) is 0 Å². The molecular formula is C27H27N6OS+. The first-order valence-corrected chi connectivity index (χ1v) is 12.8. The number of carbonyl (C=O) groups is 1. The molecule has 7 nitrogen and oxygen atoms in total. The van der Waals surface area contributed by atoms with E-state index in [0.717, 1.165) is 70.0 Å². The third-order valence-electron chi connectivity index (χ3n) is 7.28. The molecule has 0 spiro atoms. The second-order valence-corrected chi connectivity index (χ2v) is 10.3. The van der Waals surface area contributed by atoms with Gasteiger partial charge in [-0.3, -0.25) is 9.79 Å². The molecule has 2 aliphatic heterocycles. The summed E-state index contributed by atoms with van der Waals surface area (Å²) < 4.78 is 0.00430. The maximum Gasteiger partial charge on any atom is 0.264 e. The van der Waals surface area contributed by atoms with Gasteiger partial charge in [0, 0.05) is 24.3 Å². The van der Waals surface area contributed by atoms with Gasteiger partial charge in [0.25, 0.3) is 5.84 Å². The average molecular weight is 484 g/mol. The van der Waals surface area contributed by atoms with Gasteiger partial charge >= 0.3 is 0 Å². The van der Waals surface area contributed by atoms with Gasteiger partial charge in [0.15, 0.2) is 0 Å². The molecule has 0 radical (unpaired) electrons. The molecule has 4 heterocycles. The van der Waals surface area contributed by atoms with E-state index in [1.54, 1.807) is 24.6 Å². The van der Waals surface area contributed by atoms with Crippen molar-refractivity contribution >= 4 is 40.2 Å². The minimum atomic E-state index is 0.00430. The summed E-state index contributed by atoms with van der Waals surface area (Å²) in [5, 5.41) is 5.93. The van der Waals surface area contributed by atoms with E-state index in [2.05, 4.69) is 52.1 Å². The molecule has 1 amide bonds. The fraction of sp³-hybridized carbons (Fsp3) is 0.259. The van der Waals surface area contributed by atoms with Gasteiger partial charge in [-0.15, -0.1) is 15.9 Å². The van der Waals surface area contributed by atoms with Crippen LogP contribution in [-0.4, -0.2) is 34.6 Å². The van der Waals surface area contributed by atoms with Gasteiger partial charge in [0.1, 0.15) is 11.9 Å². The van der Waals surface area contributed by atoms with Gasteiger partial charge in [-0.25, -0.2) is 4.98 Å². The van der Waals surface area contributed by atoms with E-state index in [4.69, 9.17) is 15.8 Å². The number of thiophene rings is 1. The van der Waals surface area contributed by atoms with Gasteiger partial charge in [0.2, 0.25) is 11.6 Å². The maximum absolute atomic E-state index is 12.1. The Morgan fingerprint density at radius 1 is 1.14 bits per heavy atom. The lowest BCUT2D eigenvalue weighted by molar-refractivity contribution is -0.750. The SMILES string of the molecule is CNC(=O)C1CCC(C2=C3C=NC=C[N+]3(N)C(c3ccc4ccc(-c5cccs5)nc4c3)=N2)CC1. The van der Waals surface area contributed by atoms with Crippen molar-refractivity contribution in [3.63, 3.8) is 0 Å². The molecule has 8 heteroatoms. The lowest BCUT2D eigenvalue weighted by Crippen LogP contribution is -2.53. The molecule has 1 aromatic carbocycles. The largest absolute Gasteiger partial charge is 0.359 e. The van der Waals surface area contributed by atoms with E-state index in [1.165, 1.54) is 0 Å². The maximum atomic E-state index is 12.1. The van der Waals surface area contributed by atoms with Crippen LogP contribution in [0.3, 0.4) is 0 Å². The number of aliphatic imine (C=N–C) groups is 2. The molecule has 3 aromatic rings. The zero-order valence-electron chi connectivity index (χ0n) is 19.5. The molecule has 2 aromatic heterocycles. The number of rotatable bonds is 4. The van der Waals surface area contributed by atoms with Crippen molar-refractivity contribution in [2.75, 3.05) is 7.05 Å². The summed E-state index contributed by atoms with van der Waals surface area (Å²) in [5.74, 6) is 8.21. The predicted molar refractivity (Wildman–Crippen MR) is 140 cm³/mol. The Kier molecular flexibility index (Phi) is 5.44. The molecule has 176 valence electrons. The molecule has 0 saturated heterocycles. The second kappa shape index (κ2) is 8.64. The monoisotopic (exact) mass is 483 g/mol. The molecule has 1 fully saturated rings. The highest BCUT2D eigenvalue weighted by Gasteiger charge is 2.46. The number of hydrogen-bond donors (Lipinski definition) is 2. The van der Waals surface area contributed by atoms with Crippen molar-refractivity contribution in [2.45, 2.75) is 25.7 Å². The molecule has 1 saturated carbocycles. The number of aromatic nitrogens is 1. The normalized spacial score (nSPS) is 25.6. The summed E-state index contributed by atoms with van der Waals surface area (Å²) in [4.78, 5) is 27.7. The van der Waals surface area contributed by atoms with Gasteiger partial charge in [-0.1, -0.05) is 18.2 Å². The van der Waals surface area contributed by atoms with Crippen LogP contribution in [0.25, 0.3) is 21.5 Å². The second-order valence-electron chi connectivity index (χ2n) is 9.30. The highest BCUT2D eigenvalue weighted by molar-refractivity contribution is 7.13. The van der Waals surface area contributed by atoms with E-state index in [1.807, 2.05) is 18.5 Å². The van der Waals surface area contributed by atoms with Crippen LogP contribution in [0.4, 0.5) is 0 Å². The number of nitrogens with two attached hydrogens (primary N) is 1. The quantitative estimate of drug-likeness (QED) is 0.415. The van der Waals surface area contributed by atoms with Crippen LogP contribution in [0.15, 0.2) is 81.6 Å². The number of allylic oxidation sites excluding steroid dienone is 2. The van der Waals surface area contributed by atoms with E-state index in [0.29, 0.717) is 0 Å². The van der Waals surface area contributed by atoms with E-state index >= 15 is 0 Å². The number of hydrogen-bond acceptors (Lipinski definition) is 6. The summed E-state index contributed by atoms with van der Waals surface area (Å²) >= 11 is 1.68. The highest BCUT2D eigenvalue weighted by Crippen LogP contribution is 2.41. The molecule has 3 N–H and O–H groups in total. The number of carbonyl (C=O) groups excluding carboxylic acids is 1. The standard InChI is InChI=1S/C27H26N6OS/c1-29-27(34)19-7-5-18(6-8-19)25-23-16-30-12-13-33(23,28)26(32-25)20-9-4-17-10-11-21(31-22(17)15-20)24-3-2-14-35-24/h2-4,9-16,18-19H,5-8,28H2,1H3/p+1. The summed E-state index contributed by atoms with van der Waals surface area (Å²) in [6.45, 7) is 0. The van der Waals surface area contributed by atoms with Crippen LogP contribution >= 0.6 is 11.3 Å². The van der Waals surface area contributed by atoms with Crippen LogP contribution < -0.4 is 11.2 Å². The minimum Gasteiger partial charge on any atom is -0.359 e. The summed E-state index contributed by atoms with van der Waals surface area (Å²) in [6, 6.07) is 14.5. The summed E-state index contributed by atoms with van der Waals surface area (Å²) in [6.07, 6.45) is 8.99. The number of nitrogens with zero attached hydrogens (tertiary/aromatic N) is 4. The third-order valence-corrected chi connectivity index (χ3v) is 8.17. The molecule has 1 unspecified atom stereocenters. The minimum absolute atomic E-state index is 0.00430. The molecule has 1 atom stereocenters. The topological polar surface area (TPSA) is 92.7 Å². The van der Waals surface area contributed by atoms with Gasteiger partial charge in [0.05, 0.1) is 34.1 Å². The van der Waals surface area contributed by atoms with Crippen LogP contribution in [0, 0.1) is 11.8 Å². The number of quaternary nitrogens is 1. The van der Waals surface area contributed by atoms with E-state index in [9.17, 15) is 4.79 Å². The Morgan fingerprint density at radius 2 is 1.97 bits per heavy atom. The molecule has 0 bridgehead atoms. The molecule has 1 aliphatic carbocycles. The lowest BCUT2D eigenvalue weighted by atomic mass is 9.79. The molecular weight excluding hydrogens is 456 g/mol. The third kappa shape index (κ3) is 3.74. The van der Waals surface area contributed by atoms with Crippen molar-refractivity contribution in [3.8, 4) is 10.6 Å². The molecule has 3 aliphatic rings. The number of pyridine rings is 1. The fourth-order valence-electron chi connectivity index (χ4n) is 5.36. The highest BCUT2D eigenvalue weighted by atomic mass is 32.1. The van der Waals surface area contributed by atoms with Gasteiger partial charge in [-0.05, 0) is 55.3 Å². The van der Waals surface area contributed by atoms with Gasteiger partial charge < -0.3 is 5.32 Å². The number of amides is 1. The number of nitrogens with one attached hydrogen (secondary N) is 1. The average Bonchev–Trinajstić information content (AvgIpc) is 3.54. The van der Waals surface area contributed by atoms with Crippen LogP contribution in [0.1, 0.15) is 31.2 Å². The molecule has 6 rings (SSSR count). The Bertz CT molecular complexity index is 1430. The number of benzene rings is 1.